The Morgan fingerprint density at radius 1 is 1.17 bits per heavy atom. The van der Waals surface area contributed by atoms with Crippen LogP contribution in [0.5, 0.6) is 0 Å². The van der Waals surface area contributed by atoms with Crippen LogP contribution in [0.2, 0.25) is 0 Å². The number of carbonyl (C=O) groups excluding carboxylic acids is 1. The van der Waals surface area contributed by atoms with E-state index in [-0.39, 0.29) is 40.0 Å². The highest BCUT2D eigenvalue weighted by atomic mass is 16.6. The van der Waals surface area contributed by atoms with Crippen molar-refractivity contribution in [2.75, 3.05) is 6.61 Å². The zero-order valence-electron chi connectivity index (χ0n) is 15.0. The van der Waals surface area contributed by atoms with Crippen molar-refractivity contribution >= 4 is 5.97 Å². The topological polar surface area (TPSA) is 44.8 Å². The van der Waals surface area contributed by atoms with Crippen molar-refractivity contribution in [1.29, 1.82) is 0 Å². The maximum absolute atomic E-state index is 12.7. The van der Waals surface area contributed by atoms with Crippen LogP contribution in [0.3, 0.4) is 0 Å². The van der Waals surface area contributed by atoms with Crippen LogP contribution in [0.4, 0.5) is 0 Å². The van der Waals surface area contributed by atoms with Gasteiger partial charge in [-0.25, -0.2) is 0 Å². The van der Waals surface area contributed by atoms with E-state index in [9.17, 15) is 4.79 Å². The molecule has 0 amide bonds. The molecule has 2 spiro atoms. The highest BCUT2D eigenvalue weighted by Crippen LogP contribution is 2.70. The second-order valence-corrected chi connectivity index (χ2v) is 9.42. The Labute approximate surface area is 143 Å². The fourth-order valence-electron chi connectivity index (χ4n) is 7.23. The summed E-state index contributed by atoms with van der Waals surface area (Å²) in [5, 5.41) is 0. The van der Waals surface area contributed by atoms with E-state index in [2.05, 4.69) is 26.8 Å². The molecule has 0 aromatic heterocycles. The number of carbonyl (C=O) groups is 1. The Bertz CT molecular complexity index is 629. The molecule has 2 saturated carbocycles. The number of fused-ring (bicyclic) bond motifs is 1. The summed E-state index contributed by atoms with van der Waals surface area (Å²) in [5.74, 6) is 0.707. The molecule has 5 rings (SSSR count). The third-order valence-corrected chi connectivity index (χ3v) is 8.31. The molecule has 0 radical (unpaired) electrons. The summed E-state index contributed by atoms with van der Waals surface area (Å²) < 4.78 is 18.4. The minimum Gasteiger partial charge on any atom is -0.498 e. The zero-order valence-corrected chi connectivity index (χ0v) is 15.0. The van der Waals surface area contributed by atoms with Crippen LogP contribution in [0.15, 0.2) is 12.3 Å². The summed E-state index contributed by atoms with van der Waals surface area (Å²) in [5.41, 5.74) is -0.746. The van der Waals surface area contributed by atoms with Crippen molar-refractivity contribution in [3.63, 3.8) is 0 Å². The Balaban J connectivity index is 1.62. The molecule has 2 saturated heterocycles. The Kier molecular flexibility index (Phi) is 2.78. The van der Waals surface area contributed by atoms with E-state index in [4.69, 9.17) is 14.2 Å². The molecule has 24 heavy (non-hydrogen) atoms. The molecule has 5 aliphatic rings. The monoisotopic (exact) mass is 332 g/mol. The van der Waals surface area contributed by atoms with E-state index < -0.39 is 0 Å². The molecule has 0 N–H and O–H groups in total. The van der Waals surface area contributed by atoms with Gasteiger partial charge in [-0.1, -0.05) is 20.3 Å². The lowest BCUT2D eigenvalue weighted by atomic mass is 9.44. The van der Waals surface area contributed by atoms with Gasteiger partial charge in [0.2, 0.25) is 0 Å². The Morgan fingerprint density at radius 2 is 2.00 bits per heavy atom. The van der Waals surface area contributed by atoms with Gasteiger partial charge in [0.05, 0.1) is 17.3 Å². The minimum absolute atomic E-state index is 0.00553. The van der Waals surface area contributed by atoms with E-state index in [0.29, 0.717) is 12.5 Å². The highest BCUT2D eigenvalue weighted by molar-refractivity contribution is 5.80. The number of hydrogen-bond acceptors (Lipinski definition) is 4. The van der Waals surface area contributed by atoms with Crippen LogP contribution >= 0.6 is 0 Å². The second-order valence-electron chi connectivity index (χ2n) is 9.42. The van der Waals surface area contributed by atoms with Crippen LogP contribution in [-0.2, 0) is 19.0 Å². The molecule has 4 nitrogen and oxygen atoms in total. The van der Waals surface area contributed by atoms with Gasteiger partial charge >= 0.3 is 5.97 Å². The fourth-order valence-corrected chi connectivity index (χ4v) is 7.23. The van der Waals surface area contributed by atoms with Crippen LogP contribution in [0.1, 0.15) is 59.3 Å². The van der Waals surface area contributed by atoms with Crippen molar-refractivity contribution in [3.8, 4) is 0 Å². The molecule has 0 aromatic carbocycles. The van der Waals surface area contributed by atoms with Crippen molar-refractivity contribution in [3.05, 3.63) is 12.3 Å². The molecule has 3 aliphatic heterocycles. The summed E-state index contributed by atoms with van der Waals surface area (Å²) in [6.45, 7) is 7.47. The molecule has 7 atom stereocenters. The smallest absolute Gasteiger partial charge is 0.312 e. The third kappa shape index (κ3) is 1.53. The van der Waals surface area contributed by atoms with Gasteiger partial charge in [-0.15, -0.1) is 0 Å². The number of ether oxygens (including phenoxy) is 3. The average molecular weight is 332 g/mol. The maximum Gasteiger partial charge on any atom is 0.312 e. The molecule has 0 aromatic rings. The fraction of sp³-hybridized carbons (Fsp3) is 0.850. The predicted octanol–water partition coefficient (Wildman–Crippen LogP) is 3.60. The number of rotatable bonds is 0. The molecule has 4 heteroatoms. The quantitative estimate of drug-likeness (QED) is 0.636. The van der Waals surface area contributed by atoms with Crippen LogP contribution in [0, 0.1) is 22.7 Å². The second kappa shape index (κ2) is 4.38. The Morgan fingerprint density at radius 3 is 2.75 bits per heavy atom. The lowest BCUT2D eigenvalue weighted by molar-refractivity contribution is -0.245. The van der Waals surface area contributed by atoms with Gasteiger partial charge in [-0.2, -0.15) is 0 Å². The highest BCUT2D eigenvalue weighted by Gasteiger charge is 2.74. The zero-order chi connectivity index (χ0) is 16.8. The summed E-state index contributed by atoms with van der Waals surface area (Å²) >= 11 is 0. The van der Waals surface area contributed by atoms with Gasteiger partial charge in [0.15, 0.2) is 0 Å². The number of esters is 1. The third-order valence-electron chi connectivity index (χ3n) is 8.31. The molecular weight excluding hydrogens is 304 g/mol. The van der Waals surface area contributed by atoms with E-state index in [1.165, 1.54) is 0 Å². The first kappa shape index (κ1) is 15.2. The SMILES string of the molecule is C[C@@H]1C[C@H]2OC(=O)[C@@]3(C)CCC[C@@](C)([C@@H]23)[C@@]12CC[C@@]1(C=COC1)O2. The molecule has 3 heterocycles. The Hall–Kier alpha value is -1.03. The van der Waals surface area contributed by atoms with Gasteiger partial charge in [0.25, 0.3) is 0 Å². The van der Waals surface area contributed by atoms with E-state index >= 15 is 0 Å². The lowest BCUT2D eigenvalue weighted by Gasteiger charge is -2.62. The average Bonchev–Trinajstić information content (AvgIpc) is 3.20. The summed E-state index contributed by atoms with van der Waals surface area (Å²) in [7, 11) is 0. The molecule has 4 fully saturated rings. The molecule has 2 aliphatic carbocycles. The summed E-state index contributed by atoms with van der Waals surface area (Å²) in [6, 6.07) is 0. The number of hydrogen-bond donors (Lipinski definition) is 0. The summed E-state index contributed by atoms with van der Waals surface area (Å²) in [6.07, 6.45) is 10.2. The van der Waals surface area contributed by atoms with Gasteiger partial charge in [0.1, 0.15) is 18.3 Å². The van der Waals surface area contributed by atoms with Crippen LogP contribution in [0.25, 0.3) is 0 Å². The van der Waals surface area contributed by atoms with Gasteiger partial charge in [-0.3, -0.25) is 4.79 Å². The summed E-state index contributed by atoms with van der Waals surface area (Å²) in [4.78, 5) is 12.7. The van der Waals surface area contributed by atoms with Crippen LogP contribution < -0.4 is 0 Å². The van der Waals surface area contributed by atoms with Gasteiger partial charge in [0, 0.05) is 11.3 Å². The van der Waals surface area contributed by atoms with Crippen molar-refractivity contribution in [2.45, 2.75) is 76.6 Å². The van der Waals surface area contributed by atoms with Crippen molar-refractivity contribution < 1.29 is 19.0 Å². The van der Waals surface area contributed by atoms with Gasteiger partial charge < -0.3 is 14.2 Å². The predicted molar refractivity (Wildman–Crippen MR) is 88.1 cm³/mol. The lowest BCUT2D eigenvalue weighted by Crippen LogP contribution is -2.65. The molecule has 0 bridgehead atoms. The normalized spacial score (nSPS) is 58.1. The van der Waals surface area contributed by atoms with Gasteiger partial charge in [-0.05, 0) is 51.0 Å². The molecule has 132 valence electrons. The van der Waals surface area contributed by atoms with Crippen molar-refractivity contribution in [2.24, 2.45) is 22.7 Å². The molecule has 0 unspecified atom stereocenters. The first-order valence-corrected chi connectivity index (χ1v) is 9.56. The van der Waals surface area contributed by atoms with E-state index in [1.54, 1.807) is 6.26 Å². The minimum atomic E-state index is -0.327. The maximum atomic E-state index is 12.7. The first-order chi connectivity index (χ1) is 11.4. The van der Waals surface area contributed by atoms with Crippen molar-refractivity contribution in [1.82, 2.24) is 0 Å². The first-order valence-electron chi connectivity index (χ1n) is 9.56. The largest absolute Gasteiger partial charge is 0.498 e. The van der Waals surface area contributed by atoms with Crippen LogP contribution in [-0.4, -0.2) is 29.9 Å². The van der Waals surface area contributed by atoms with E-state index in [0.717, 1.165) is 38.5 Å². The molecular formula is C20H28O4. The standard InChI is InChI=1S/C20H28O4/c1-13-11-14-15-17(2,16(21)23-14)5-4-6-18(15,3)20(13)8-7-19(24-20)9-10-22-12-19/h9-10,13-15H,4-8,11-12H2,1-3H3/t13-,14-,15+,17+,18+,19+,20-/m1/s1. The van der Waals surface area contributed by atoms with E-state index in [1.807, 2.05) is 0 Å².